The minimum atomic E-state index is -3.79. The maximum atomic E-state index is 12.2. The molecule has 0 saturated heterocycles. The maximum Gasteiger partial charge on any atom is 0.243 e. The lowest BCUT2D eigenvalue weighted by molar-refractivity contribution is -0.117. The molecule has 0 heterocycles. The quantitative estimate of drug-likeness (QED) is 0.715. The molecule has 0 N–H and O–H groups in total. The van der Waals surface area contributed by atoms with E-state index in [0.29, 0.717) is 6.29 Å². The van der Waals surface area contributed by atoms with E-state index in [2.05, 4.69) is 0 Å². The first-order valence-electron chi connectivity index (χ1n) is 5.38. The molecule has 0 atom stereocenters. The predicted molar refractivity (Wildman–Crippen MR) is 66.7 cm³/mol. The Hall–Kier alpha value is -1.53. The zero-order valence-corrected chi connectivity index (χ0v) is 11.1. The second-order valence-electron chi connectivity index (χ2n) is 3.98. The summed E-state index contributed by atoms with van der Waals surface area (Å²) in [6, 6.07) is 6.25. The Morgan fingerprint density at radius 1 is 1.28 bits per heavy atom. The second-order valence-corrected chi connectivity index (χ2v) is 5.92. The number of aryl methyl sites for hydroxylation is 1. The average molecular weight is 269 g/mol. The fourth-order valence-electron chi connectivity index (χ4n) is 1.44. The summed E-state index contributed by atoms with van der Waals surface area (Å²) in [4.78, 5) is 21.6. The van der Waals surface area contributed by atoms with E-state index in [1.807, 2.05) is 6.92 Å². The Bertz CT molecular complexity index is 534. The molecule has 0 bridgehead atoms. The van der Waals surface area contributed by atoms with Gasteiger partial charge in [-0.2, -0.15) is 4.31 Å². The number of carbonyl (C=O) groups is 2. The van der Waals surface area contributed by atoms with Crippen molar-refractivity contribution in [2.75, 3.05) is 13.1 Å². The highest BCUT2D eigenvalue weighted by Gasteiger charge is 2.24. The number of aldehydes is 1. The van der Waals surface area contributed by atoms with Crippen LogP contribution in [0, 0.1) is 6.92 Å². The average Bonchev–Trinajstić information content (AvgIpc) is 2.28. The standard InChI is InChI=1S/C12H15NO4S/c1-10-3-5-12(6-4-10)18(16,17)13(7-8-14)9-11(2)15/h3-6,8H,7,9H2,1-2H3. The van der Waals surface area contributed by atoms with Crippen LogP contribution in [-0.4, -0.2) is 37.9 Å². The number of rotatable bonds is 6. The van der Waals surface area contributed by atoms with Crippen LogP contribution in [0.1, 0.15) is 12.5 Å². The fourth-order valence-corrected chi connectivity index (χ4v) is 2.83. The number of hydrogen-bond acceptors (Lipinski definition) is 4. The van der Waals surface area contributed by atoms with Crippen molar-refractivity contribution in [2.45, 2.75) is 18.7 Å². The monoisotopic (exact) mass is 269 g/mol. The maximum absolute atomic E-state index is 12.2. The summed E-state index contributed by atoms with van der Waals surface area (Å²) >= 11 is 0. The molecule has 1 aromatic carbocycles. The third kappa shape index (κ3) is 3.48. The minimum Gasteiger partial charge on any atom is -0.302 e. The molecule has 0 spiro atoms. The third-order valence-corrected chi connectivity index (χ3v) is 4.16. The van der Waals surface area contributed by atoms with E-state index < -0.39 is 10.0 Å². The van der Waals surface area contributed by atoms with Gasteiger partial charge in [-0.3, -0.25) is 4.79 Å². The molecule has 6 heteroatoms. The van der Waals surface area contributed by atoms with Gasteiger partial charge >= 0.3 is 0 Å². The van der Waals surface area contributed by atoms with Crippen molar-refractivity contribution < 1.29 is 18.0 Å². The van der Waals surface area contributed by atoms with Crippen molar-refractivity contribution in [1.29, 1.82) is 0 Å². The summed E-state index contributed by atoms with van der Waals surface area (Å²) in [7, 11) is -3.79. The van der Waals surface area contributed by atoms with Crippen LogP contribution in [0.2, 0.25) is 0 Å². The highest BCUT2D eigenvalue weighted by Crippen LogP contribution is 2.15. The molecule has 5 nitrogen and oxygen atoms in total. The van der Waals surface area contributed by atoms with Crippen molar-refractivity contribution in [2.24, 2.45) is 0 Å². The third-order valence-electron chi connectivity index (χ3n) is 2.34. The highest BCUT2D eigenvalue weighted by molar-refractivity contribution is 7.89. The van der Waals surface area contributed by atoms with Gasteiger partial charge in [0.15, 0.2) is 0 Å². The fraction of sp³-hybridized carbons (Fsp3) is 0.333. The molecular weight excluding hydrogens is 254 g/mol. The van der Waals surface area contributed by atoms with Crippen LogP contribution in [0.5, 0.6) is 0 Å². The van der Waals surface area contributed by atoms with Crippen LogP contribution in [0.15, 0.2) is 29.2 Å². The van der Waals surface area contributed by atoms with Crippen molar-refractivity contribution in [3.63, 3.8) is 0 Å². The van der Waals surface area contributed by atoms with Gasteiger partial charge in [0.05, 0.1) is 18.0 Å². The van der Waals surface area contributed by atoms with Gasteiger partial charge in [0.2, 0.25) is 10.0 Å². The summed E-state index contributed by atoms with van der Waals surface area (Å²) < 4.78 is 25.2. The van der Waals surface area contributed by atoms with Crippen molar-refractivity contribution in [3.05, 3.63) is 29.8 Å². The number of nitrogens with zero attached hydrogens (tertiary/aromatic N) is 1. The van der Waals surface area contributed by atoms with E-state index in [-0.39, 0.29) is 23.8 Å². The molecule has 0 aliphatic rings. The first-order valence-corrected chi connectivity index (χ1v) is 6.82. The van der Waals surface area contributed by atoms with Gasteiger partial charge < -0.3 is 4.79 Å². The molecule has 0 fully saturated rings. The van der Waals surface area contributed by atoms with Crippen molar-refractivity contribution >= 4 is 22.1 Å². The van der Waals surface area contributed by atoms with E-state index in [9.17, 15) is 18.0 Å². The first kappa shape index (κ1) is 14.5. The highest BCUT2D eigenvalue weighted by atomic mass is 32.2. The molecule has 0 aliphatic heterocycles. The number of Topliss-reactive ketones (excluding diaryl/α,β-unsaturated/α-hetero) is 1. The molecule has 1 aromatic rings. The molecule has 0 aliphatic carbocycles. The molecule has 0 aromatic heterocycles. The summed E-state index contributed by atoms with van der Waals surface area (Å²) in [5.74, 6) is -0.312. The predicted octanol–water partition coefficient (Wildman–Crippen LogP) is 0.774. The van der Waals surface area contributed by atoms with E-state index in [1.165, 1.54) is 19.1 Å². The Labute approximate surface area is 106 Å². The first-order chi connectivity index (χ1) is 8.37. The second kappa shape index (κ2) is 5.88. The summed E-state index contributed by atoms with van der Waals surface area (Å²) in [6.07, 6.45) is 0.467. The van der Waals surface area contributed by atoms with Gasteiger partial charge in [0.1, 0.15) is 12.1 Å². The molecule has 98 valence electrons. The Morgan fingerprint density at radius 3 is 2.28 bits per heavy atom. The van der Waals surface area contributed by atoms with Crippen LogP contribution in [-0.2, 0) is 19.6 Å². The molecule has 0 unspecified atom stereocenters. The van der Waals surface area contributed by atoms with Crippen molar-refractivity contribution in [3.8, 4) is 0 Å². The van der Waals surface area contributed by atoms with Gasteiger partial charge in [0.25, 0.3) is 0 Å². The SMILES string of the molecule is CC(=O)CN(CC=O)S(=O)(=O)c1ccc(C)cc1. The van der Waals surface area contributed by atoms with Crippen LogP contribution >= 0.6 is 0 Å². The lowest BCUT2D eigenvalue weighted by atomic mass is 10.2. The number of sulfonamides is 1. The number of carbonyl (C=O) groups excluding carboxylic acids is 2. The normalized spacial score (nSPS) is 11.5. The molecule has 1 rings (SSSR count). The van der Waals surface area contributed by atoms with E-state index in [4.69, 9.17) is 0 Å². The summed E-state index contributed by atoms with van der Waals surface area (Å²) in [6.45, 7) is 2.50. The van der Waals surface area contributed by atoms with Crippen molar-refractivity contribution in [1.82, 2.24) is 4.31 Å². The van der Waals surface area contributed by atoms with Crippen LogP contribution in [0.25, 0.3) is 0 Å². The molecule has 0 saturated carbocycles. The number of ketones is 1. The van der Waals surface area contributed by atoms with Crippen LogP contribution in [0.3, 0.4) is 0 Å². The van der Waals surface area contributed by atoms with Crippen LogP contribution in [0.4, 0.5) is 0 Å². The number of hydrogen-bond donors (Lipinski definition) is 0. The molecule has 0 amide bonds. The van der Waals surface area contributed by atoms with Gasteiger partial charge in [0, 0.05) is 0 Å². The zero-order valence-electron chi connectivity index (χ0n) is 10.3. The van der Waals surface area contributed by atoms with Gasteiger partial charge in [-0.05, 0) is 26.0 Å². The Morgan fingerprint density at radius 2 is 1.83 bits per heavy atom. The van der Waals surface area contributed by atoms with E-state index in [1.54, 1.807) is 12.1 Å². The molecular formula is C12H15NO4S. The van der Waals surface area contributed by atoms with Gasteiger partial charge in [-0.25, -0.2) is 8.42 Å². The molecule has 0 radical (unpaired) electrons. The van der Waals surface area contributed by atoms with Gasteiger partial charge in [-0.15, -0.1) is 0 Å². The summed E-state index contributed by atoms with van der Waals surface area (Å²) in [5.41, 5.74) is 0.933. The minimum absolute atomic E-state index is 0.0798. The molecule has 18 heavy (non-hydrogen) atoms. The largest absolute Gasteiger partial charge is 0.302 e. The topological polar surface area (TPSA) is 71.5 Å². The van der Waals surface area contributed by atoms with Gasteiger partial charge in [-0.1, -0.05) is 17.7 Å². The van der Waals surface area contributed by atoms with E-state index >= 15 is 0 Å². The van der Waals surface area contributed by atoms with Crippen LogP contribution < -0.4 is 0 Å². The Kier molecular flexibility index (Phi) is 4.75. The summed E-state index contributed by atoms with van der Waals surface area (Å²) in [5, 5.41) is 0. The number of benzene rings is 1. The van der Waals surface area contributed by atoms with E-state index in [0.717, 1.165) is 9.87 Å². The lowest BCUT2D eigenvalue weighted by Gasteiger charge is -2.18. The zero-order chi connectivity index (χ0) is 13.8. The Balaban J connectivity index is 3.11. The smallest absolute Gasteiger partial charge is 0.243 e. The lowest BCUT2D eigenvalue weighted by Crippen LogP contribution is -2.36.